The Morgan fingerprint density at radius 1 is 1.19 bits per heavy atom. The number of guanidine groups is 1. The molecule has 0 bridgehead atoms. The van der Waals surface area contributed by atoms with E-state index < -0.39 is 0 Å². The molecule has 1 heterocycles. The highest BCUT2D eigenvalue weighted by atomic mass is 15.3. The molecule has 27 heavy (non-hydrogen) atoms. The van der Waals surface area contributed by atoms with Gasteiger partial charge in [0.25, 0.3) is 0 Å². The predicted molar refractivity (Wildman–Crippen MR) is 110 cm³/mol. The molecule has 0 amide bonds. The van der Waals surface area contributed by atoms with Crippen molar-refractivity contribution in [2.75, 3.05) is 6.54 Å². The quantitative estimate of drug-likeness (QED) is 0.607. The van der Waals surface area contributed by atoms with Crippen molar-refractivity contribution in [3.05, 3.63) is 47.5 Å². The molecule has 0 radical (unpaired) electrons. The molecule has 1 aliphatic carbocycles. The van der Waals surface area contributed by atoms with Crippen molar-refractivity contribution >= 4 is 5.96 Å². The van der Waals surface area contributed by atoms with E-state index in [0.717, 1.165) is 24.2 Å². The maximum absolute atomic E-state index is 4.80. The first-order valence-electron chi connectivity index (χ1n) is 9.91. The Labute approximate surface area is 162 Å². The van der Waals surface area contributed by atoms with Gasteiger partial charge in [0.15, 0.2) is 11.8 Å². The second-order valence-electron chi connectivity index (χ2n) is 8.12. The van der Waals surface area contributed by atoms with E-state index >= 15 is 0 Å². The molecule has 1 aromatic carbocycles. The van der Waals surface area contributed by atoms with Crippen LogP contribution in [-0.2, 0) is 19.0 Å². The highest BCUT2D eigenvalue weighted by molar-refractivity contribution is 5.80. The Morgan fingerprint density at radius 2 is 1.89 bits per heavy atom. The Morgan fingerprint density at radius 3 is 2.52 bits per heavy atom. The van der Waals surface area contributed by atoms with E-state index in [2.05, 4.69) is 65.0 Å². The Bertz CT molecular complexity index is 756. The largest absolute Gasteiger partial charge is 0.356 e. The summed E-state index contributed by atoms with van der Waals surface area (Å²) in [6, 6.07) is 11.1. The van der Waals surface area contributed by atoms with E-state index in [4.69, 9.17) is 4.99 Å². The third-order valence-electron chi connectivity index (χ3n) is 5.51. The van der Waals surface area contributed by atoms with E-state index in [-0.39, 0.29) is 5.41 Å². The summed E-state index contributed by atoms with van der Waals surface area (Å²) in [5, 5.41) is 15.5. The van der Waals surface area contributed by atoms with Crippen molar-refractivity contribution in [1.82, 2.24) is 25.4 Å². The van der Waals surface area contributed by atoms with Gasteiger partial charge in [-0.2, -0.15) is 0 Å². The van der Waals surface area contributed by atoms with Gasteiger partial charge in [-0.15, -0.1) is 10.2 Å². The van der Waals surface area contributed by atoms with Crippen LogP contribution in [0.25, 0.3) is 0 Å². The van der Waals surface area contributed by atoms with Crippen molar-refractivity contribution in [3.8, 4) is 0 Å². The average Bonchev–Trinajstić information content (AvgIpc) is 3.29. The monoisotopic (exact) mass is 368 g/mol. The zero-order valence-corrected chi connectivity index (χ0v) is 17.0. The minimum Gasteiger partial charge on any atom is -0.356 e. The lowest BCUT2D eigenvalue weighted by atomic mass is 9.85. The fourth-order valence-electron chi connectivity index (χ4n) is 3.45. The van der Waals surface area contributed by atoms with E-state index in [1.54, 1.807) is 0 Å². The summed E-state index contributed by atoms with van der Waals surface area (Å²) < 4.78 is 1.99. The lowest BCUT2D eigenvalue weighted by Crippen LogP contribution is -2.46. The number of hydrogen-bond acceptors (Lipinski definition) is 3. The van der Waals surface area contributed by atoms with Gasteiger partial charge in [0.2, 0.25) is 0 Å². The number of rotatable bonds is 6. The second kappa shape index (κ2) is 8.55. The summed E-state index contributed by atoms with van der Waals surface area (Å²) in [4.78, 5) is 4.80. The average molecular weight is 369 g/mol. The molecule has 0 saturated heterocycles. The van der Waals surface area contributed by atoms with Crippen LogP contribution < -0.4 is 10.6 Å². The fourth-order valence-corrected chi connectivity index (χ4v) is 3.45. The minimum atomic E-state index is 0.0146. The first-order chi connectivity index (χ1) is 13.0. The van der Waals surface area contributed by atoms with E-state index in [1.807, 2.05) is 18.5 Å². The lowest BCUT2D eigenvalue weighted by Gasteiger charge is -2.27. The van der Waals surface area contributed by atoms with Gasteiger partial charge in [-0.1, -0.05) is 57.0 Å². The molecular weight excluding hydrogens is 336 g/mol. The Kier molecular flexibility index (Phi) is 6.14. The van der Waals surface area contributed by atoms with Crippen LogP contribution >= 0.6 is 0 Å². The van der Waals surface area contributed by atoms with Crippen LogP contribution in [0.4, 0.5) is 0 Å². The zero-order valence-electron chi connectivity index (χ0n) is 17.0. The Hall–Kier alpha value is -2.37. The number of aromatic nitrogens is 3. The first kappa shape index (κ1) is 19.4. The van der Waals surface area contributed by atoms with Gasteiger partial charge < -0.3 is 15.2 Å². The Balaban J connectivity index is 1.69. The number of nitrogens with zero attached hydrogens (tertiary/aromatic N) is 4. The van der Waals surface area contributed by atoms with Gasteiger partial charge in [-0.05, 0) is 25.3 Å². The van der Waals surface area contributed by atoms with Crippen LogP contribution in [0.1, 0.15) is 56.7 Å². The van der Waals surface area contributed by atoms with Gasteiger partial charge >= 0.3 is 0 Å². The molecule has 2 N–H and O–H groups in total. The van der Waals surface area contributed by atoms with Crippen molar-refractivity contribution in [2.24, 2.45) is 12.0 Å². The lowest BCUT2D eigenvalue weighted by molar-refractivity contribution is 0.502. The van der Waals surface area contributed by atoms with Crippen LogP contribution in [0.15, 0.2) is 35.3 Å². The third-order valence-corrected chi connectivity index (χ3v) is 5.51. The fraction of sp³-hybridized carbons (Fsp3) is 0.571. The molecule has 1 aliphatic rings. The van der Waals surface area contributed by atoms with E-state index in [0.29, 0.717) is 12.6 Å². The van der Waals surface area contributed by atoms with Crippen molar-refractivity contribution in [2.45, 2.75) is 64.5 Å². The second-order valence-corrected chi connectivity index (χ2v) is 8.12. The molecule has 1 saturated carbocycles. The molecule has 6 nitrogen and oxygen atoms in total. The van der Waals surface area contributed by atoms with Crippen LogP contribution in [-0.4, -0.2) is 33.3 Å². The van der Waals surface area contributed by atoms with Gasteiger partial charge in [0, 0.05) is 25.0 Å². The summed E-state index contributed by atoms with van der Waals surface area (Å²) in [6.45, 7) is 7.81. The molecule has 1 aromatic heterocycles. The standard InChI is InChI=1S/C21H32N6/c1-16-25-26-19(27(16)4)14-22-20(24-18-12-8-9-13-18)23-15-21(2,3)17-10-6-5-7-11-17/h5-7,10-11,18H,8-9,12-15H2,1-4H3,(H2,22,23,24). The maximum atomic E-state index is 4.80. The summed E-state index contributed by atoms with van der Waals surface area (Å²) >= 11 is 0. The van der Waals surface area contributed by atoms with Crippen molar-refractivity contribution in [3.63, 3.8) is 0 Å². The smallest absolute Gasteiger partial charge is 0.191 e. The summed E-state index contributed by atoms with van der Waals surface area (Å²) in [5.41, 5.74) is 1.34. The topological polar surface area (TPSA) is 67.1 Å². The zero-order chi connectivity index (χ0) is 19.3. The molecule has 0 unspecified atom stereocenters. The number of hydrogen-bond donors (Lipinski definition) is 2. The normalized spacial score (nSPS) is 15.9. The van der Waals surface area contributed by atoms with Crippen molar-refractivity contribution < 1.29 is 0 Å². The number of nitrogens with one attached hydrogen (secondary N) is 2. The molecule has 6 heteroatoms. The van der Waals surface area contributed by atoms with E-state index in [9.17, 15) is 0 Å². The molecule has 146 valence electrons. The summed E-state index contributed by atoms with van der Waals surface area (Å²) in [7, 11) is 1.98. The van der Waals surface area contributed by atoms with Crippen LogP contribution in [0.2, 0.25) is 0 Å². The van der Waals surface area contributed by atoms with Crippen molar-refractivity contribution in [1.29, 1.82) is 0 Å². The van der Waals surface area contributed by atoms with Crippen LogP contribution in [0.5, 0.6) is 0 Å². The summed E-state index contributed by atoms with van der Waals surface area (Å²) in [6.07, 6.45) is 5.02. The predicted octanol–water partition coefficient (Wildman–Crippen LogP) is 3.08. The van der Waals surface area contributed by atoms with E-state index in [1.165, 1.54) is 31.2 Å². The highest BCUT2D eigenvalue weighted by Crippen LogP contribution is 2.22. The maximum Gasteiger partial charge on any atom is 0.191 e. The molecule has 2 aromatic rings. The van der Waals surface area contributed by atoms with Gasteiger partial charge in [-0.25, -0.2) is 4.99 Å². The SMILES string of the molecule is Cc1nnc(CN=C(NCC(C)(C)c2ccccc2)NC2CCCC2)n1C. The molecule has 0 spiro atoms. The van der Waals surface area contributed by atoms with Crippen LogP contribution in [0.3, 0.4) is 0 Å². The molecule has 0 aliphatic heterocycles. The number of benzene rings is 1. The van der Waals surface area contributed by atoms with Gasteiger partial charge in [-0.3, -0.25) is 0 Å². The number of aliphatic imine (C=N–C) groups is 1. The first-order valence-corrected chi connectivity index (χ1v) is 9.91. The number of aryl methyl sites for hydroxylation is 1. The highest BCUT2D eigenvalue weighted by Gasteiger charge is 2.22. The summed E-state index contributed by atoms with van der Waals surface area (Å²) in [5.74, 6) is 2.65. The van der Waals surface area contributed by atoms with Gasteiger partial charge in [0.1, 0.15) is 12.4 Å². The molecule has 1 fully saturated rings. The molecular formula is C21H32N6. The third kappa shape index (κ3) is 5.08. The van der Waals surface area contributed by atoms with Crippen LogP contribution in [0, 0.1) is 6.92 Å². The molecule has 3 rings (SSSR count). The van der Waals surface area contributed by atoms with Gasteiger partial charge in [0.05, 0.1) is 0 Å². The minimum absolute atomic E-state index is 0.0146. The molecule has 0 atom stereocenters.